The summed E-state index contributed by atoms with van der Waals surface area (Å²) in [7, 11) is 0. The quantitative estimate of drug-likeness (QED) is 0.707. The standard InChI is InChI=1S/C25H34N6/c1-18-8-11-21(12-9-18)23(24-26-27-28-31(24)25(4,5)6)30-15-13-29(14-16-30)22-17-19(2)7-10-20(22)3/h7-12,17,23H,13-16H2,1-6H3/p+1/t23-/m0/s1. The van der Waals surface area contributed by atoms with Crippen LogP contribution in [0.5, 0.6) is 0 Å². The summed E-state index contributed by atoms with van der Waals surface area (Å²) in [6.45, 7) is 17.1. The fraction of sp³-hybridized carbons (Fsp3) is 0.480. The number of hydrogen-bond acceptors (Lipinski definition) is 4. The Balaban J connectivity index is 1.64. The van der Waals surface area contributed by atoms with Gasteiger partial charge in [-0.3, -0.25) is 0 Å². The van der Waals surface area contributed by atoms with Crippen molar-refractivity contribution in [3.63, 3.8) is 0 Å². The maximum atomic E-state index is 4.53. The molecule has 0 saturated carbocycles. The molecule has 1 atom stereocenters. The summed E-state index contributed by atoms with van der Waals surface area (Å²) >= 11 is 0. The molecule has 1 aliphatic rings. The highest BCUT2D eigenvalue weighted by Gasteiger charge is 2.36. The molecule has 31 heavy (non-hydrogen) atoms. The van der Waals surface area contributed by atoms with Gasteiger partial charge in [-0.05, 0) is 69.2 Å². The van der Waals surface area contributed by atoms with E-state index >= 15 is 0 Å². The van der Waals surface area contributed by atoms with Gasteiger partial charge in [0.15, 0.2) is 6.04 Å². The molecule has 6 nitrogen and oxygen atoms in total. The van der Waals surface area contributed by atoms with Crippen molar-refractivity contribution < 1.29 is 4.90 Å². The molecule has 4 rings (SSSR count). The summed E-state index contributed by atoms with van der Waals surface area (Å²) in [6, 6.07) is 15.7. The second-order valence-corrected chi connectivity index (χ2v) is 9.90. The van der Waals surface area contributed by atoms with Gasteiger partial charge in [-0.2, -0.15) is 0 Å². The molecule has 3 aromatic rings. The monoisotopic (exact) mass is 419 g/mol. The number of tetrazole rings is 1. The number of hydrogen-bond donors (Lipinski definition) is 1. The van der Waals surface area contributed by atoms with Crippen molar-refractivity contribution >= 4 is 5.69 Å². The Labute approximate surface area is 185 Å². The van der Waals surface area contributed by atoms with Crippen LogP contribution in [0.1, 0.15) is 54.9 Å². The minimum atomic E-state index is -0.165. The van der Waals surface area contributed by atoms with Crippen molar-refractivity contribution in [1.29, 1.82) is 0 Å². The molecule has 0 bridgehead atoms. The van der Waals surface area contributed by atoms with Gasteiger partial charge in [-0.1, -0.05) is 42.0 Å². The predicted octanol–water partition coefficient (Wildman–Crippen LogP) is 2.85. The lowest BCUT2D eigenvalue weighted by Gasteiger charge is -2.38. The van der Waals surface area contributed by atoms with Crippen LogP contribution in [-0.2, 0) is 5.54 Å². The molecule has 0 aliphatic carbocycles. The number of quaternary nitrogens is 1. The zero-order valence-electron chi connectivity index (χ0n) is 19.7. The van der Waals surface area contributed by atoms with Crippen molar-refractivity contribution in [1.82, 2.24) is 20.2 Å². The number of aryl methyl sites for hydroxylation is 3. The van der Waals surface area contributed by atoms with Gasteiger partial charge in [-0.25, -0.2) is 4.68 Å². The molecular formula is C25H35N6+. The molecule has 0 radical (unpaired) electrons. The minimum absolute atomic E-state index is 0.121. The molecule has 0 unspecified atom stereocenters. The van der Waals surface area contributed by atoms with Crippen LogP contribution in [0.3, 0.4) is 0 Å². The molecule has 2 aromatic carbocycles. The van der Waals surface area contributed by atoms with Crippen molar-refractivity contribution in [2.75, 3.05) is 31.1 Å². The van der Waals surface area contributed by atoms with Crippen LogP contribution < -0.4 is 9.80 Å². The summed E-state index contributed by atoms with van der Waals surface area (Å²) in [5, 5.41) is 13.0. The van der Waals surface area contributed by atoms with Crippen molar-refractivity contribution in [3.05, 3.63) is 70.5 Å². The number of benzene rings is 2. The van der Waals surface area contributed by atoms with Gasteiger partial charge in [0.25, 0.3) is 0 Å². The highest BCUT2D eigenvalue weighted by Crippen LogP contribution is 2.24. The summed E-state index contributed by atoms with van der Waals surface area (Å²) in [4.78, 5) is 4.05. The van der Waals surface area contributed by atoms with E-state index in [1.54, 1.807) is 0 Å². The Kier molecular flexibility index (Phi) is 5.84. The van der Waals surface area contributed by atoms with E-state index in [1.165, 1.54) is 32.8 Å². The lowest BCUT2D eigenvalue weighted by atomic mass is 10.00. The summed E-state index contributed by atoms with van der Waals surface area (Å²) in [6.07, 6.45) is 0. The molecule has 0 spiro atoms. The van der Waals surface area contributed by atoms with Crippen LogP contribution >= 0.6 is 0 Å². The second-order valence-electron chi connectivity index (χ2n) is 9.90. The van der Waals surface area contributed by atoms with Gasteiger partial charge in [0.2, 0.25) is 5.82 Å². The number of anilines is 1. The van der Waals surface area contributed by atoms with E-state index in [9.17, 15) is 0 Å². The largest absolute Gasteiger partial charge is 0.360 e. The summed E-state index contributed by atoms with van der Waals surface area (Å²) in [5.41, 5.74) is 6.42. The molecule has 1 aromatic heterocycles. The third-order valence-electron chi connectivity index (χ3n) is 6.32. The second kappa shape index (κ2) is 8.42. The average Bonchev–Trinajstić information content (AvgIpc) is 3.22. The molecular weight excluding hydrogens is 384 g/mol. The average molecular weight is 420 g/mol. The predicted molar refractivity (Wildman–Crippen MR) is 125 cm³/mol. The van der Waals surface area contributed by atoms with E-state index in [2.05, 4.69) is 104 Å². The zero-order chi connectivity index (χ0) is 22.2. The number of rotatable bonds is 4. The first kappa shape index (κ1) is 21.5. The zero-order valence-corrected chi connectivity index (χ0v) is 19.7. The lowest BCUT2D eigenvalue weighted by Crippen LogP contribution is -3.15. The Morgan fingerprint density at radius 3 is 2.19 bits per heavy atom. The van der Waals surface area contributed by atoms with Crippen LogP contribution in [0.4, 0.5) is 5.69 Å². The first-order valence-electron chi connectivity index (χ1n) is 11.3. The first-order chi connectivity index (χ1) is 14.7. The number of nitrogens with zero attached hydrogens (tertiary/aromatic N) is 5. The van der Waals surface area contributed by atoms with E-state index in [0.29, 0.717) is 0 Å². The topological polar surface area (TPSA) is 51.3 Å². The van der Waals surface area contributed by atoms with Gasteiger partial charge in [-0.15, -0.1) is 5.10 Å². The molecule has 0 amide bonds. The van der Waals surface area contributed by atoms with Gasteiger partial charge < -0.3 is 9.80 Å². The van der Waals surface area contributed by atoms with Crippen LogP contribution in [0.15, 0.2) is 42.5 Å². The third kappa shape index (κ3) is 4.49. The van der Waals surface area contributed by atoms with E-state index < -0.39 is 0 Å². The number of aromatic nitrogens is 4. The Bertz CT molecular complexity index is 1020. The highest BCUT2D eigenvalue weighted by molar-refractivity contribution is 5.55. The van der Waals surface area contributed by atoms with Crippen LogP contribution in [0, 0.1) is 20.8 Å². The van der Waals surface area contributed by atoms with Crippen molar-refractivity contribution in [3.8, 4) is 0 Å². The molecule has 2 heterocycles. The van der Waals surface area contributed by atoms with Crippen molar-refractivity contribution in [2.45, 2.75) is 53.1 Å². The minimum Gasteiger partial charge on any atom is -0.360 e. The fourth-order valence-electron chi connectivity index (χ4n) is 4.56. The maximum Gasteiger partial charge on any atom is 0.214 e. The molecule has 6 heteroatoms. The van der Waals surface area contributed by atoms with Crippen LogP contribution in [0.25, 0.3) is 0 Å². The SMILES string of the molecule is Cc1ccc([C@@H](c2nnnn2C(C)(C)C)[NH+]2CCN(c3cc(C)ccc3C)CC2)cc1. The Morgan fingerprint density at radius 2 is 1.55 bits per heavy atom. The van der Waals surface area contributed by atoms with Gasteiger partial charge in [0, 0.05) is 11.3 Å². The van der Waals surface area contributed by atoms with Crippen LogP contribution in [0.2, 0.25) is 0 Å². The highest BCUT2D eigenvalue weighted by atomic mass is 15.6. The van der Waals surface area contributed by atoms with E-state index in [0.717, 1.165) is 32.0 Å². The van der Waals surface area contributed by atoms with E-state index in [4.69, 9.17) is 0 Å². The Morgan fingerprint density at radius 1 is 0.903 bits per heavy atom. The molecule has 1 N–H and O–H groups in total. The summed E-state index contributed by atoms with van der Waals surface area (Å²) < 4.78 is 2.00. The third-order valence-corrected chi connectivity index (χ3v) is 6.32. The lowest BCUT2D eigenvalue weighted by molar-refractivity contribution is -0.927. The summed E-state index contributed by atoms with van der Waals surface area (Å²) in [5.74, 6) is 0.950. The first-order valence-corrected chi connectivity index (χ1v) is 11.3. The smallest absolute Gasteiger partial charge is 0.214 e. The molecule has 164 valence electrons. The number of piperazine rings is 1. The number of nitrogens with one attached hydrogen (secondary N) is 1. The fourth-order valence-corrected chi connectivity index (χ4v) is 4.56. The maximum absolute atomic E-state index is 4.53. The Hall–Kier alpha value is -2.73. The molecule has 1 saturated heterocycles. The van der Waals surface area contributed by atoms with E-state index in [1.807, 2.05) is 4.68 Å². The van der Waals surface area contributed by atoms with Crippen LogP contribution in [-0.4, -0.2) is 46.4 Å². The van der Waals surface area contributed by atoms with E-state index in [-0.39, 0.29) is 11.6 Å². The van der Waals surface area contributed by atoms with Gasteiger partial charge in [0.05, 0.1) is 31.7 Å². The molecule has 1 aliphatic heterocycles. The normalized spacial score (nSPS) is 16.5. The van der Waals surface area contributed by atoms with Gasteiger partial charge in [0.1, 0.15) is 0 Å². The molecule has 1 fully saturated rings. The van der Waals surface area contributed by atoms with Gasteiger partial charge >= 0.3 is 0 Å². The van der Waals surface area contributed by atoms with Crippen molar-refractivity contribution in [2.24, 2.45) is 0 Å².